The molecular formula is C33H46BrN3O6. The number of carbonyl (C=O) groups excluding carboxylic acids is 3. The monoisotopic (exact) mass is 659 g/mol. The Morgan fingerprint density at radius 3 is 2.35 bits per heavy atom. The highest BCUT2D eigenvalue weighted by molar-refractivity contribution is 9.09. The van der Waals surface area contributed by atoms with Crippen LogP contribution in [0.1, 0.15) is 47.5 Å². The molecule has 0 saturated carbocycles. The van der Waals surface area contributed by atoms with Gasteiger partial charge in [0.1, 0.15) is 17.4 Å². The molecule has 1 aromatic carbocycles. The maximum atomic E-state index is 14.6. The van der Waals surface area contributed by atoms with Crippen LogP contribution in [0.4, 0.5) is 5.69 Å². The third kappa shape index (κ3) is 5.90. The maximum Gasteiger partial charge on any atom is 0.248 e. The summed E-state index contributed by atoms with van der Waals surface area (Å²) in [6, 6.07) is 5.52. The maximum absolute atomic E-state index is 14.6. The predicted octanol–water partition coefficient (Wildman–Crippen LogP) is 4.18. The van der Waals surface area contributed by atoms with Gasteiger partial charge in [-0.05, 0) is 63.8 Å². The van der Waals surface area contributed by atoms with Crippen LogP contribution in [0.3, 0.4) is 0 Å². The normalized spacial score (nSPS) is 28.3. The van der Waals surface area contributed by atoms with Crippen molar-refractivity contribution in [2.24, 2.45) is 17.8 Å². The number of hydrogen-bond donors (Lipinski definition) is 1. The van der Waals surface area contributed by atoms with Crippen molar-refractivity contribution < 1.29 is 29.0 Å². The lowest BCUT2D eigenvalue weighted by molar-refractivity contribution is -0.152. The zero-order chi connectivity index (χ0) is 31.6. The van der Waals surface area contributed by atoms with Crippen molar-refractivity contribution in [1.82, 2.24) is 9.80 Å². The van der Waals surface area contributed by atoms with Gasteiger partial charge >= 0.3 is 0 Å². The second-order valence-corrected chi connectivity index (χ2v) is 13.6. The number of halogens is 1. The third-order valence-electron chi connectivity index (χ3n) is 8.86. The smallest absolute Gasteiger partial charge is 0.248 e. The number of likely N-dealkylation sites (tertiary alicyclic amines) is 1. The molecule has 2 bridgehead atoms. The van der Waals surface area contributed by atoms with Gasteiger partial charge in [-0.3, -0.25) is 14.4 Å². The van der Waals surface area contributed by atoms with Gasteiger partial charge < -0.3 is 29.3 Å². The Hall–Kier alpha value is -2.69. The van der Waals surface area contributed by atoms with Gasteiger partial charge in [0.25, 0.3) is 0 Å². The summed E-state index contributed by atoms with van der Waals surface area (Å²) in [5.74, 6) is -1.68. The predicted molar refractivity (Wildman–Crippen MR) is 170 cm³/mol. The van der Waals surface area contributed by atoms with Crippen LogP contribution in [-0.4, -0.2) is 93.6 Å². The lowest BCUT2D eigenvalue weighted by atomic mass is 9.70. The van der Waals surface area contributed by atoms with Gasteiger partial charge in [-0.15, -0.1) is 13.2 Å². The van der Waals surface area contributed by atoms with Gasteiger partial charge in [0, 0.05) is 29.6 Å². The minimum Gasteiger partial charge on any atom is -0.494 e. The summed E-state index contributed by atoms with van der Waals surface area (Å²) in [6.07, 6.45) is 3.63. The number of amides is 3. The topological polar surface area (TPSA) is 99.6 Å². The first-order chi connectivity index (χ1) is 20.5. The first-order valence-electron chi connectivity index (χ1n) is 15.3. The summed E-state index contributed by atoms with van der Waals surface area (Å²) in [5, 5.41) is 10.5. The number of anilines is 1. The number of nitrogens with zero attached hydrogens (tertiary/aromatic N) is 3. The molecule has 3 fully saturated rings. The van der Waals surface area contributed by atoms with Crippen LogP contribution in [-0.2, 0) is 19.1 Å². The molecule has 3 aliphatic heterocycles. The zero-order valence-corrected chi connectivity index (χ0v) is 27.5. The molecule has 4 rings (SSSR count). The Balaban J connectivity index is 1.81. The standard InChI is InChI=1S/C33H46BrN3O6/c1-8-15-35(21(6)7)32(41)29-33-18-25(34)28(43-33)26(27(33)31(40)37(29)23(19-38)17-20(4)5)30(39)36(16-9-2)22-11-13-24(14-12-22)42-10-3/h8-9,11-14,20-21,23,25-29,38H,1-2,10,15-19H2,3-7H3/t23-,25?,26+,27+,28+,29?,33?/m1/s1. The van der Waals surface area contributed by atoms with Gasteiger partial charge in [0.2, 0.25) is 17.7 Å². The van der Waals surface area contributed by atoms with E-state index >= 15 is 0 Å². The van der Waals surface area contributed by atoms with Gasteiger partial charge in [0.15, 0.2) is 0 Å². The van der Waals surface area contributed by atoms with E-state index in [4.69, 9.17) is 9.47 Å². The second-order valence-electron chi connectivity index (χ2n) is 12.4. The van der Waals surface area contributed by atoms with Crippen molar-refractivity contribution in [2.45, 2.75) is 82.1 Å². The third-order valence-corrected chi connectivity index (χ3v) is 9.71. The largest absolute Gasteiger partial charge is 0.494 e. The van der Waals surface area contributed by atoms with Crippen LogP contribution in [0.2, 0.25) is 0 Å². The van der Waals surface area contributed by atoms with Crippen molar-refractivity contribution in [3.8, 4) is 5.75 Å². The average Bonchev–Trinajstić information content (AvgIpc) is 3.56. The van der Waals surface area contributed by atoms with Crippen molar-refractivity contribution in [3.63, 3.8) is 0 Å². The number of benzene rings is 1. The fourth-order valence-electron chi connectivity index (χ4n) is 7.21. The molecule has 9 nitrogen and oxygen atoms in total. The molecule has 1 aromatic rings. The van der Waals surface area contributed by atoms with Gasteiger partial charge in [-0.25, -0.2) is 0 Å². The van der Waals surface area contributed by atoms with E-state index in [-0.39, 0.29) is 47.7 Å². The number of rotatable bonds is 14. The summed E-state index contributed by atoms with van der Waals surface area (Å²) in [4.78, 5) is 48.2. The van der Waals surface area contributed by atoms with E-state index in [0.717, 1.165) is 0 Å². The lowest BCUT2D eigenvalue weighted by Crippen LogP contribution is -2.60. The first kappa shape index (κ1) is 33.2. The minimum atomic E-state index is -1.22. The van der Waals surface area contributed by atoms with E-state index < -0.39 is 35.6 Å². The van der Waals surface area contributed by atoms with Crippen molar-refractivity contribution >= 4 is 39.3 Å². The van der Waals surface area contributed by atoms with E-state index in [2.05, 4.69) is 29.1 Å². The number of carbonyl (C=O) groups is 3. The van der Waals surface area contributed by atoms with Crippen molar-refractivity contribution in [1.29, 1.82) is 0 Å². The molecule has 0 aliphatic carbocycles. The molecule has 1 N–H and O–H groups in total. The van der Waals surface area contributed by atoms with Crippen LogP contribution in [0.5, 0.6) is 5.75 Å². The van der Waals surface area contributed by atoms with Crippen LogP contribution in [0.25, 0.3) is 0 Å². The van der Waals surface area contributed by atoms with Crippen molar-refractivity contribution in [3.05, 3.63) is 49.6 Å². The average molecular weight is 661 g/mol. The number of aliphatic hydroxyl groups excluding tert-OH is 1. The molecule has 3 amide bonds. The molecule has 7 atom stereocenters. The molecule has 10 heteroatoms. The molecule has 43 heavy (non-hydrogen) atoms. The van der Waals surface area contributed by atoms with Crippen LogP contribution >= 0.6 is 15.9 Å². The summed E-state index contributed by atoms with van der Waals surface area (Å²) in [5.41, 5.74) is -0.568. The molecule has 3 aliphatic rings. The molecular weight excluding hydrogens is 614 g/mol. The Morgan fingerprint density at radius 2 is 1.81 bits per heavy atom. The van der Waals surface area contributed by atoms with Gasteiger partial charge in [-0.2, -0.15) is 0 Å². The minimum absolute atomic E-state index is 0.158. The number of hydrogen-bond acceptors (Lipinski definition) is 6. The zero-order valence-electron chi connectivity index (χ0n) is 25.9. The summed E-state index contributed by atoms with van der Waals surface area (Å²) < 4.78 is 12.3. The van der Waals surface area contributed by atoms with Crippen LogP contribution in [0, 0.1) is 17.8 Å². The number of fused-ring (bicyclic) bond motifs is 1. The van der Waals surface area contributed by atoms with E-state index in [0.29, 0.717) is 37.4 Å². The van der Waals surface area contributed by atoms with Crippen LogP contribution < -0.4 is 9.64 Å². The van der Waals surface area contributed by atoms with E-state index in [9.17, 15) is 19.5 Å². The highest BCUT2D eigenvalue weighted by Crippen LogP contribution is 2.61. The fraction of sp³-hybridized carbons (Fsp3) is 0.606. The first-order valence-corrected chi connectivity index (χ1v) is 16.2. The highest BCUT2D eigenvalue weighted by Gasteiger charge is 2.77. The van der Waals surface area contributed by atoms with Gasteiger partial charge in [-0.1, -0.05) is 41.9 Å². The van der Waals surface area contributed by atoms with E-state index in [1.807, 2.05) is 58.9 Å². The Morgan fingerprint density at radius 1 is 1.16 bits per heavy atom. The molecule has 1 spiro atoms. The lowest BCUT2D eigenvalue weighted by Gasteiger charge is -2.40. The number of alkyl halides is 1. The SMILES string of the molecule is C=CCN(C(=O)[C@H]1[C@H]2C(=O)N([C@@H](CO)CC(C)C)C(C(=O)N(CC=C)C(C)C)C23CC(Br)[C@@H]1O3)c1ccc(OCC)cc1. The second kappa shape index (κ2) is 13.5. The van der Waals surface area contributed by atoms with Crippen LogP contribution in [0.15, 0.2) is 49.6 Å². The van der Waals surface area contributed by atoms with E-state index in [1.54, 1.807) is 26.9 Å². The molecule has 0 aromatic heterocycles. The molecule has 236 valence electrons. The fourth-order valence-corrected chi connectivity index (χ4v) is 8.16. The van der Waals surface area contributed by atoms with Crippen molar-refractivity contribution in [2.75, 3.05) is 31.2 Å². The Bertz CT molecular complexity index is 1210. The number of aliphatic hydroxyl groups is 1. The number of ether oxygens (including phenoxy) is 2. The Labute approximate surface area is 264 Å². The molecule has 3 saturated heterocycles. The highest BCUT2D eigenvalue weighted by atomic mass is 79.9. The molecule has 3 unspecified atom stereocenters. The summed E-state index contributed by atoms with van der Waals surface area (Å²) >= 11 is 3.76. The molecule has 0 radical (unpaired) electrons. The van der Waals surface area contributed by atoms with Gasteiger partial charge in [0.05, 0.1) is 37.2 Å². The summed E-state index contributed by atoms with van der Waals surface area (Å²) in [6.45, 7) is 18.3. The van der Waals surface area contributed by atoms with E-state index in [1.165, 1.54) is 0 Å². The summed E-state index contributed by atoms with van der Waals surface area (Å²) in [7, 11) is 0. The Kier molecular flexibility index (Phi) is 10.4. The quantitative estimate of drug-likeness (QED) is 0.238. The molecule has 3 heterocycles.